The van der Waals surface area contributed by atoms with Crippen LogP contribution in [0.25, 0.3) is 22.6 Å². The molecule has 0 saturated carbocycles. The first-order chi connectivity index (χ1) is 14.3. The molecule has 0 saturated heterocycles. The number of fused-ring (bicyclic) bond motifs is 1. The number of aromatic nitrogens is 6. The van der Waals surface area contributed by atoms with E-state index in [4.69, 9.17) is 0 Å². The van der Waals surface area contributed by atoms with Crippen LogP contribution in [0.15, 0.2) is 46.2 Å². The summed E-state index contributed by atoms with van der Waals surface area (Å²) in [5, 5.41) is 4.17. The summed E-state index contributed by atoms with van der Waals surface area (Å²) in [5.41, 5.74) is -0.442. The number of hydrogen-bond acceptors (Lipinski definition) is 4. The van der Waals surface area contributed by atoms with Crippen LogP contribution in [0, 0.1) is 0 Å². The molecule has 0 bridgehead atoms. The maximum Gasteiger partial charge on any atom is 0.416 e. The average Bonchev–Trinajstić information content (AvgIpc) is 3.32. The zero-order valence-electron chi connectivity index (χ0n) is 15.8. The average molecular weight is 418 g/mol. The number of alkyl halides is 3. The third kappa shape index (κ3) is 3.65. The summed E-state index contributed by atoms with van der Waals surface area (Å²) in [6.45, 7) is 2.42. The predicted molar refractivity (Wildman–Crippen MR) is 103 cm³/mol. The van der Waals surface area contributed by atoms with Crippen molar-refractivity contribution in [2.75, 3.05) is 0 Å². The molecule has 0 aliphatic heterocycles. The van der Waals surface area contributed by atoms with Crippen molar-refractivity contribution >= 4 is 11.2 Å². The Labute approximate surface area is 167 Å². The lowest BCUT2D eigenvalue weighted by Crippen LogP contribution is -2.30. The smallest absolute Gasteiger partial charge is 0.332 e. The van der Waals surface area contributed by atoms with Crippen molar-refractivity contribution in [3.63, 3.8) is 0 Å². The Morgan fingerprint density at radius 2 is 1.97 bits per heavy atom. The molecule has 4 aromatic rings. The van der Waals surface area contributed by atoms with Gasteiger partial charge in [0.25, 0.3) is 5.56 Å². The van der Waals surface area contributed by atoms with Crippen LogP contribution in [0.3, 0.4) is 0 Å². The van der Waals surface area contributed by atoms with Gasteiger partial charge in [0.1, 0.15) is 11.3 Å². The van der Waals surface area contributed by atoms with Gasteiger partial charge in [-0.1, -0.05) is 19.1 Å². The third-order valence-corrected chi connectivity index (χ3v) is 4.59. The quantitative estimate of drug-likeness (QED) is 0.520. The number of halogens is 3. The van der Waals surface area contributed by atoms with Crippen LogP contribution >= 0.6 is 0 Å². The van der Waals surface area contributed by atoms with Gasteiger partial charge in [0.15, 0.2) is 5.65 Å². The molecule has 3 heterocycles. The maximum absolute atomic E-state index is 12.9. The van der Waals surface area contributed by atoms with Gasteiger partial charge in [-0.05, 0) is 24.1 Å². The largest absolute Gasteiger partial charge is 0.416 e. The second-order valence-corrected chi connectivity index (χ2v) is 6.82. The van der Waals surface area contributed by atoms with E-state index in [0.717, 1.165) is 12.1 Å². The lowest BCUT2D eigenvalue weighted by atomic mass is 10.1. The number of hydrogen-bond donors (Lipinski definition) is 2. The SMILES string of the molecule is CCCn1c(=O)[nH]c(=O)c2[nH]c(-c3cnn(Cc4cccc(C(F)(F)F)c4)c3)nc21. The van der Waals surface area contributed by atoms with Crippen LogP contribution < -0.4 is 11.2 Å². The molecule has 0 aliphatic rings. The van der Waals surface area contributed by atoms with E-state index in [1.807, 2.05) is 6.92 Å². The highest BCUT2D eigenvalue weighted by Gasteiger charge is 2.30. The standard InChI is InChI=1S/C19H17F3N6O2/c1-2-6-28-16-14(17(29)26-18(28)30)24-15(25-16)12-8-23-27(10-12)9-11-4-3-5-13(7-11)19(20,21)22/h3-5,7-8,10H,2,6,9H2,1H3,(H,24,25)(H,26,29,30). The highest BCUT2D eigenvalue weighted by molar-refractivity contribution is 5.75. The van der Waals surface area contributed by atoms with E-state index in [1.165, 1.54) is 21.5 Å². The molecule has 156 valence electrons. The van der Waals surface area contributed by atoms with Gasteiger partial charge < -0.3 is 4.98 Å². The van der Waals surface area contributed by atoms with E-state index < -0.39 is 23.0 Å². The fraction of sp³-hybridized carbons (Fsp3) is 0.263. The molecule has 30 heavy (non-hydrogen) atoms. The van der Waals surface area contributed by atoms with Gasteiger partial charge in [-0.25, -0.2) is 9.78 Å². The van der Waals surface area contributed by atoms with Crippen LogP contribution in [-0.4, -0.2) is 29.3 Å². The Morgan fingerprint density at radius 3 is 2.70 bits per heavy atom. The summed E-state index contributed by atoms with van der Waals surface area (Å²) in [4.78, 5) is 33.7. The molecule has 0 aliphatic carbocycles. The molecule has 2 N–H and O–H groups in total. The summed E-state index contributed by atoms with van der Waals surface area (Å²) in [5.74, 6) is 0.334. The first-order valence-electron chi connectivity index (χ1n) is 9.18. The highest BCUT2D eigenvalue weighted by Crippen LogP contribution is 2.29. The van der Waals surface area contributed by atoms with E-state index in [0.29, 0.717) is 29.9 Å². The second-order valence-electron chi connectivity index (χ2n) is 6.82. The normalized spacial score (nSPS) is 12.0. The van der Waals surface area contributed by atoms with Crippen LogP contribution in [0.4, 0.5) is 13.2 Å². The van der Waals surface area contributed by atoms with E-state index >= 15 is 0 Å². The molecule has 1 aromatic carbocycles. The van der Waals surface area contributed by atoms with Crippen molar-refractivity contribution in [1.29, 1.82) is 0 Å². The van der Waals surface area contributed by atoms with Gasteiger partial charge >= 0.3 is 11.9 Å². The lowest BCUT2D eigenvalue weighted by Gasteiger charge is -2.08. The summed E-state index contributed by atoms with van der Waals surface area (Å²) in [7, 11) is 0. The van der Waals surface area contributed by atoms with Gasteiger partial charge in [-0.15, -0.1) is 0 Å². The van der Waals surface area contributed by atoms with Crippen molar-refractivity contribution in [2.24, 2.45) is 0 Å². The Hall–Kier alpha value is -3.63. The Bertz CT molecular complexity index is 1330. The number of rotatable bonds is 5. The zero-order valence-corrected chi connectivity index (χ0v) is 15.8. The molecule has 0 amide bonds. The van der Waals surface area contributed by atoms with Gasteiger partial charge in [-0.3, -0.25) is 19.0 Å². The Kier molecular flexibility index (Phi) is 4.80. The molecule has 0 radical (unpaired) electrons. The van der Waals surface area contributed by atoms with Gasteiger partial charge in [0.05, 0.1) is 23.9 Å². The molecule has 0 unspecified atom stereocenters. The minimum Gasteiger partial charge on any atom is -0.332 e. The van der Waals surface area contributed by atoms with Crippen LogP contribution in [0.1, 0.15) is 24.5 Å². The number of imidazole rings is 1. The summed E-state index contributed by atoms with van der Waals surface area (Å²) in [6, 6.07) is 5.02. The topological polar surface area (TPSA) is 101 Å². The number of nitrogens with zero attached hydrogens (tertiary/aromatic N) is 4. The number of nitrogens with one attached hydrogen (secondary N) is 2. The van der Waals surface area contributed by atoms with Crippen LogP contribution in [-0.2, 0) is 19.3 Å². The minimum atomic E-state index is -4.42. The Balaban J connectivity index is 1.67. The van der Waals surface area contributed by atoms with E-state index in [1.54, 1.807) is 12.3 Å². The van der Waals surface area contributed by atoms with Gasteiger partial charge in [0.2, 0.25) is 0 Å². The summed E-state index contributed by atoms with van der Waals surface area (Å²) in [6.07, 6.45) is -0.644. The lowest BCUT2D eigenvalue weighted by molar-refractivity contribution is -0.137. The molecule has 0 spiro atoms. The van der Waals surface area contributed by atoms with E-state index in [9.17, 15) is 22.8 Å². The molecule has 8 nitrogen and oxygen atoms in total. The van der Waals surface area contributed by atoms with E-state index in [-0.39, 0.29) is 17.7 Å². The van der Waals surface area contributed by atoms with Crippen LogP contribution in [0.2, 0.25) is 0 Å². The minimum absolute atomic E-state index is 0.130. The van der Waals surface area contributed by atoms with Crippen molar-refractivity contribution in [3.8, 4) is 11.4 Å². The van der Waals surface area contributed by atoms with Crippen molar-refractivity contribution in [2.45, 2.75) is 32.6 Å². The first-order valence-corrected chi connectivity index (χ1v) is 9.18. The highest BCUT2D eigenvalue weighted by atomic mass is 19.4. The molecule has 0 fully saturated rings. The number of aromatic amines is 2. The van der Waals surface area contributed by atoms with Crippen molar-refractivity contribution < 1.29 is 13.2 Å². The third-order valence-electron chi connectivity index (χ3n) is 4.59. The molecule has 11 heteroatoms. The molecular formula is C19H17F3N6O2. The number of benzene rings is 1. The number of H-pyrrole nitrogens is 2. The van der Waals surface area contributed by atoms with Crippen molar-refractivity contribution in [3.05, 3.63) is 68.6 Å². The number of aryl methyl sites for hydroxylation is 1. The zero-order chi connectivity index (χ0) is 21.5. The molecule has 0 atom stereocenters. The van der Waals surface area contributed by atoms with E-state index in [2.05, 4.69) is 20.1 Å². The fourth-order valence-corrected chi connectivity index (χ4v) is 3.21. The van der Waals surface area contributed by atoms with Crippen molar-refractivity contribution in [1.82, 2.24) is 29.3 Å². The van der Waals surface area contributed by atoms with Gasteiger partial charge in [-0.2, -0.15) is 18.3 Å². The monoisotopic (exact) mass is 418 g/mol. The first kappa shape index (κ1) is 19.7. The molecule has 4 rings (SSSR count). The second kappa shape index (κ2) is 7.32. The Morgan fingerprint density at radius 1 is 1.17 bits per heavy atom. The summed E-state index contributed by atoms with van der Waals surface area (Å²) < 4.78 is 41.5. The molecule has 3 aromatic heterocycles. The predicted octanol–water partition coefficient (Wildman–Crippen LogP) is 2.75. The maximum atomic E-state index is 12.9. The molecular weight excluding hydrogens is 401 g/mol. The van der Waals surface area contributed by atoms with Crippen LogP contribution in [0.5, 0.6) is 0 Å². The summed E-state index contributed by atoms with van der Waals surface area (Å²) >= 11 is 0. The fourth-order valence-electron chi connectivity index (χ4n) is 3.21. The van der Waals surface area contributed by atoms with Gasteiger partial charge in [0, 0.05) is 12.7 Å².